The summed E-state index contributed by atoms with van der Waals surface area (Å²) >= 11 is 6.77. The maximum absolute atomic E-state index is 14.1. The molecule has 14 nitrogen and oxygen atoms in total. The third kappa shape index (κ3) is 7.69. The number of aromatic nitrogens is 1. The van der Waals surface area contributed by atoms with E-state index in [1.54, 1.807) is 39.1 Å². The van der Waals surface area contributed by atoms with Crippen LogP contribution in [0.4, 0.5) is 21.9 Å². The molecule has 1 aromatic heterocycles. The Morgan fingerprint density at radius 3 is 2.70 bits per heavy atom. The van der Waals surface area contributed by atoms with Gasteiger partial charge in [-0.05, 0) is 62.6 Å². The molecule has 15 heteroatoms. The average molecular weight is 763 g/mol. The van der Waals surface area contributed by atoms with Gasteiger partial charge >= 0.3 is 12.1 Å². The number of rotatable bonds is 4. The zero-order valence-electron chi connectivity index (χ0n) is 30.8. The number of aliphatic hydroxyl groups is 1. The third-order valence-electron chi connectivity index (χ3n) is 10.6. The Balaban J connectivity index is 1.37. The highest BCUT2D eigenvalue weighted by atomic mass is 35.5. The second-order valence-electron chi connectivity index (χ2n) is 14.5. The number of epoxide rings is 1. The number of carbonyl (C=O) groups excluding carboxylic acids is 3. The molecule has 2 saturated heterocycles. The molecule has 2 fully saturated rings. The molecule has 3 aromatic rings. The molecule has 2 N–H and O–H groups in total. The fourth-order valence-electron chi connectivity index (χ4n) is 7.58. The van der Waals surface area contributed by atoms with Crippen LogP contribution in [-0.2, 0) is 35.0 Å². The number of hydrogen-bond donors (Lipinski definition) is 2. The van der Waals surface area contributed by atoms with Crippen molar-refractivity contribution in [1.29, 1.82) is 0 Å². The fraction of sp³-hybridized carbons (Fsp3) is 0.436. The zero-order chi connectivity index (χ0) is 39.1. The summed E-state index contributed by atoms with van der Waals surface area (Å²) in [4.78, 5) is 57.5. The summed E-state index contributed by atoms with van der Waals surface area (Å²) in [5.41, 5.74) is 0.421. The summed E-state index contributed by atoms with van der Waals surface area (Å²) in [5.74, 6) is -1.54. The molecule has 0 aliphatic carbocycles. The first-order valence-electron chi connectivity index (χ1n) is 17.6. The van der Waals surface area contributed by atoms with Crippen LogP contribution in [0.2, 0.25) is 5.02 Å². The number of nitro benzene ring substituents is 1. The Kier molecular flexibility index (Phi) is 10.9. The van der Waals surface area contributed by atoms with Crippen molar-refractivity contribution in [2.45, 2.75) is 89.0 Å². The lowest BCUT2D eigenvalue weighted by Gasteiger charge is -2.41. The van der Waals surface area contributed by atoms with Gasteiger partial charge in [0.25, 0.3) is 5.69 Å². The molecule has 0 radical (unpaired) electrons. The Hall–Kier alpha value is -4.89. The summed E-state index contributed by atoms with van der Waals surface area (Å²) in [6.45, 7) is 7.31. The van der Waals surface area contributed by atoms with Gasteiger partial charge in [-0.3, -0.25) is 30.0 Å². The number of ether oxygens (including phenoxy) is 4. The number of nitro groups is 1. The minimum atomic E-state index is -1.59. The lowest BCUT2D eigenvalue weighted by atomic mass is 9.78. The number of non-ortho nitro benzene ring substituents is 1. The van der Waals surface area contributed by atoms with Crippen molar-refractivity contribution in [2.24, 2.45) is 5.92 Å². The number of carbonyl (C=O) groups is 3. The van der Waals surface area contributed by atoms with Crippen LogP contribution in [0.3, 0.4) is 0 Å². The molecule has 7 atom stereocenters. The van der Waals surface area contributed by atoms with Crippen LogP contribution < -0.4 is 10.2 Å². The molecule has 2 amide bonds. The number of aryl methyl sites for hydroxylation is 1. The number of nitrogens with one attached hydrogen (secondary N) is 1. The first kappa shape index (κ1) is 38.8. The van der Waals surface area contributed by atoms with E-state index in [-0.39, 0.29) is 41.5 Å². The van der Waals surface area contributed by atoms with Crippen molar-refractivity contribution in [2.75, 3.05) is 24.4 Å². The largest absolute Gasteiger partial charge is 0.462 e. The summed E-state index contributed by atoms with van der Waals surface area (Å²) in [5, 5.41) is 26.7. The van der Waals surface area contributed by atoms with Gasteiger partial charge in [-0.25, -0.2) is 4.79 Å². The minimum Gasteiger partial charge on any atom is -0.462 e. The van der Waals surface area contributed by atoms with Crippen LogP contribution in [0.25, 0.3) is 10.9 Å². The van der Waals surface area contributed by atoms with Gasteiger partial charge in [0.1, 0.15) is 35.0 Å². The fourth-order valence-corrected chi connectivity index (χ4v) is 7.82. The van der Waals surface area contributed by atoms with Gasteiger partial charge in [-0.15, -0.1) is 0 Å². The zero-order valence-corrected chi connectivity index (χ0v) is 31.6. The molecule has 4 heterocycles. The molecule has 2 aromatic carbocycles. The molecule has 0 saturated carbocycles. The van der Waals surface area contributed by atoms with Crippen LogP contribution in [0.15, 0.2) is 66.4 Å². The number of anilines is 2. The van der Waals surface area contributed by atoms with Gasteiger partial charge in [0.2, 0.25) is 5.91 Å². The number of amides is 2. The van der Waals surface area contributed by atoms with E-state index >= 15 is 0 Å². The number of allylic oxidation sites excluding steroid dienone is 3. The van der Waals surface area contributed by atoms with E-state index in [2.05, 4.69) is 10.3 Å². The maximum Gasteiger partial charge on any atom is 0.412 e. The van der Waals surface area contributed by atoms with Gasteiger partial charge < -0.3 is 29.0 Å². The van der Waals surface area contributed by atoms with Crippen molar-refractivity contribution >= 4 is 57.5 Å². The molecule has 0 spiro atoms. The summed E-state index contributed by atoms with van der Waals surface area (Å²) in [6, 6.07) is 9.47. The summed E-state index contributed by atoms with van der Waals surface area (Å²) in [7, 11) is 3.06. The number of fused-ring (bicyclic) bond motifs is 6. The Morgan fingerprint density at radius 2 is 1.98 bits per heavy atom. The van der Waals surface area contributed by atoms with E-state index in [1.165, 1.54) is 36.4 Å². The first-order valence-corrected chi connectivity index (χ1v) is 17.9. The van der Waals surface area contributed by atoms with Crippen LogP contribution in [-0.4, -0.2) is 82.8 Å². The first-order chi connectivity index (χ1) is 25.5. The second-order valence-corrected chi connectivity index (χ2v) is 14.9. The average Bonchev–Trinajstić information content (AvgIpc) is 3.81. The predicted octanol–water partition coefficient (Wildman–Crippen LogP) is 6.38. The molecule has 3 aliphatic rings. The molecule has 286 valence electrons. The maximum atomic E-state index is 14.1. The van der Waals surface area contributed by atoms with Gasteiger partial charge in [0.05, 0.1) is 45.7 Å². The highest BCUT2D eigenvalue weighted by Crippen LogP contribution is 2.49. The molecule has 6 rings (SSSR count). The number of benzene rings is 2. The van der Waals surface area contributed by atoms with E-state index in [4.69, 9.17) is 30.5 Å². The monoisotopic (exact) mass is 762 g/mol. The number of hydrogen-bond acceptors (Lipinski definition) is 11. The van der Waals surface area contributed by atoms with E-state index < -0.39 is 64.4 Å². The van der Waals surface area contributed by atoms with E-state index in [1.807, 2.05) is 32.1 Å². The molecule has 3 aliphatic heterocycles. The number of pyridine rings is 1. The summed E-state index contributed by atoms with van der Waals surface area (Å²) in [6.07, 6.45) is 2.36. The highest BCUT2D eigenvalue weighted by Gasteiger charge is 2.64. The quantitative estimate of drug-likeness (QED) is 0.130. The van der Waals surface area contributed by atoms with Crippen molar-refractivity contribution in [3.8, 4) is 0 Å². The van der Waals surface area contributed by atoms with Crippen LogP contribution in [0.1, 0.15) is 51.2 Å². The van der Waals surface area contributed by atoms with Crippen molar-refractivity contribution in [1.82, 2.24) is 4.98 Å². The standard InChI is InChI=1S/C39H43ClN4O10/c1-21-9-7-11-30(51-6)39(48)19-29(52-33(46)20-39)23(3)36-38(4,54-36)31(18-32(45)43(5)28-17-24(15-21)16-22(2)34(28)40)53-37(47)42-26-12-13-27(44(49)50)25-10-8-14-41-35(25)26/h7-14,16-17,23,29-31,36,48H,15,18-20H2,1-6H3,(H,42,47)/b11-7+,21-9+/t23-,29+,30-,31+,36+,38+,39-/m1/s1. The van der Waals surface area contributed by atoms with Gasteiger partial charge in [0, 0.05) is 38.8 Å². The normalized spacial score (nSPS) is 30.4. The number of esters is 1. The number of halogens is 1. The van der Waals surface area contributed by atoms with Crippen molar-refractivity contribution in [3.63, 3.8) is 0 Å². The van der Waals surface area contributed by atoms with Crippen LogP contribution in [0.5, 0.6) is 0 Å². The van der Waals surface area contributed by atoms with Crippen LogP contribution in [0, 0.1) is 23.0 Å². The summed E-state index contributed by atoms with van der Waals surface area (Å²) < 4.78 is 23.7. The van der Waals surface area contributed by atoms with Crippen LogP contribution >= 0.6 is 11.6 Å². The second kappa shape index (κ2) is 15.1. The lowest BCUT2D eigenvalue weighted by Crippen LogP contribution is -2.53. The van der Waals surface area contributed by atoms with E-state index in [0.29, 0.717) is 17.1 Å². The van der Waals surface area contributed by atoms with E-state index in [0.717, 1.165) is 16.7 Å². The predicted molar refractivity (Wildman–Crippen MR) is 200 cm³/mol. The molecular weight excluding hydrogens is 720 g/mol. The topological polar surface area (TPSA) is 183 Å². The number of methoxy groups -OCH3 is 1. The third-order valence-corrected chi connectivity index (χ3v) is 11.1. The highest BCUT2D eigenvalue weighted by molar-refractivity contribution is 6.34. The van der Waals surface area contributed by atoms with Crippen molar-refractivity contribution < 1.29 is 43.4 Å². The van der Waals surface area contributed by atoms with E-state index in [9.17, 15) is 29.6 Å². The Morgan fingerprint density at radius 1 is 1.22 bits per heavy atom. The van der Waals surface area contributed by atoms with Gasteiger partial charge in [-0.1, -0.05) is 48.4 Å². The Bertz CT molecular complexity index is 2070. The minimum absolute atomic E-state index is 0.0406. The van der Waals surface area contributed by atoms with Gasteiger partial charge in [0.15, 0.2) is 0 Å². The smallest absolute Gasteiger partial charge is 0.412 e. The SMILES string of the molecule is CO[C@@H]1/C=C/C=C(\C)Cc2cc(C)c(Cl)c(c2)N(C)C(=O)C[C@H](OC(=O)Nc2ccc([N+](=O)[O-])c3cccnc23)[C@]2(C)O[C@H]2[C@H](C)[C@@H]2C[C@@]1(O)CC(=O)O2. The molecule has 4 bridgehead atoms. The molecule has 54 heavy (non-hydrogen) atoms. The molecular formula is C39H43ClN4O10. The number of nitrogens with zero attached hydrogens (tertiary/aromatic N) is 3. The Labute approximate surface area is 317 Å². The van der Waals surface area contributed by atoms with Crippen molar-refractivity contribution in [3.05, 3.63) is 92.7 Å². The lowest BCUT2D eigenvalue weighted by molar-refractivity contribution is -0.383. The van der Waals surface area contributed by atoms with Gasteiger partial charge in [-0.2, -0.15) is 0 Å². The molecule has 0 unspecified atom stereocenters.